The highest BCUT2D eigenvalue weighted by atomic mass is 16.5. The van der Waals surface area contributed by atoms with Gasteiger partial charge in [0.25, 0.3) is 0 Å². The van der Waals surface area contributed by atoms with Crippen LogP contribution in [0.2, 0.25) is 0 Å². The molecule has 0 atom stereocenters. The average Bonchev–Trinajstić information content (AvgIpc) is 3.28. The smallest absolute Gasteiger partial charge is 0.237 e. The molecule has 3 aromatic heterocycles. The number of anilines is 2. The van der Waals surface area contributed by atoms with Crippen LogP contribution < -0.4 is 15.0 Å². The van der Waals surface area contributed by atoms with E-state index < -0.39 is 0 Å². The summed E-state index contributed by atoms with van der Waals surface area (Å²) in [6.45, 7) is 12.2. The van der Waals surface area contributed by atoms with Crippen LogP contribution in [0.25, 0.3) is 33.4 Å². The number of hydrogen-bond acceptors (Lipinski definition) is 7. The second-order valence-electron chi connectivity index (χ2n) is 9.70. The summed E-state index contributed by atoms with van der Waals surface area (Å²) in [7, 11) is 2.19. The van der Waals surface area contributed by atoms with Gasteiger partial charge in [0.1, 0.15) is 12.3 Å². The minimum absolute atomic E-state index is 0.636. The van der Waals surface area contributed by atoms with Crippen LogP contribution in [0, 0.1) is 20.8 Å². The van der Waals surface area contributed by atoms with Crippen LogP contribution >= 0.6 is 0 Å². The Morgan fingerprint density at radius 2 is 1.71 bits per heavy atom. The minimum atomic E-state index is 0.636. The number of H-pyrrole nitrogens is 1. The van der Waals surface area contributed by atoms with E-state index in [2.05, 4.69) is 81.3 Å². The number of likely N-dealkylation sites (N-methyl/N-ethyl adjacent to an activating group) is 1. The molecule has 0 unspecified atom stereocenters. The number of aromatic nitrogens is 4. The van der Waals surface area contributed by atoms with Crippen molar-refractivity contribution >= 4 is 22.4 Å². The average molecular weight is 470 g/mol. The van der Waals surface area contributed by atoms with Crippen LogP contribution in [0.3, 0.4) is 0 Å². The van der Waals surface area contributed by atoms with Gasteiger partial charge in [-0.1, -0.05) is 0 Å². The molecule has 8 heteroatoms. The molecule has 5 heterocycles. The predicted octanol–water partition coefficient (Wildman–Crippen LogP) is 4.17. The van der Waals surface area contributed by atoms with E-state index in [1.165, 1.54) is 16.8 Å². The molecule has 1 aromatic carbocycles. The third-order valence-corrected chi connectivity index (χ3v) is 7.28. The lowest BCUT2D eigenvalue weighted by Crippen LogP contribution is -2.45. The lowest BCUT2D eigenvalue weighted by Gasteiger charge is -2.36. The zero-order valence-electron chi connectivity index (χ0n) is 20.8. The highest BCUT2D eigenvalue weighted by Crippen LogP contribution is 2.38. The summed E-state index contributed by atoms with van der Waals surface area (Å²) in [6.07, 6.45) is 3.89. The molecule has 0 amide bonds. The van der Waals surface area contributed by atoms with Crippen LogP contribution in [0.4, 0.5) is 11.4 Å². The molecule has 0 saturated carbocycles. The Hall–Kier alpha value is -3.65. The van der Waals surface area contributed by atoms with Gasteiger partial charge in [-0.3, -0.25) is 0 Å². The summed E-state index contributed by atoms with van der Waals surface area (Å²) in [5.41, 5.74) is 10.9. The first-order valence-electron chi connectivity index (χ1n) is 12.3. The van der Waals surface area contributed by atoms with E-state index in [0.717, 1.165) is 77.4 Å². The fraction of sp³-hybridized carbons (Fsp3) is 0.370. The maximum atomic E-state index is 5.71. The fourth-order valence-corrected chi connectivity index (χ4v) is 5.41. The van der Waals surface area contributed by atoms with Gasteiger partial charge in [-0.15, -0.1) is 10.2 Å². The van der Waals surface area contributed by atoms with Crippen molar-refractivity contribution in [2.75, 3.05) is 56.6 Å². The number of aryl methyl sites for hydroxylation is 2. The Kier molecular flexibility index (Phi) is 5.33. The second-order valence-corrected chi connectivity index (χ2v) is 9.70. The topological polar surface area (TPSA) is 82.2 Å². The van der Waals surface area contributed by atoms with Crippen molar-refractivity contribution in [3.8, 4) is 28.3 Å². The molecule has 8 nitrogen and oxygen atoms in total. The Labute approximate surface area is 205 Å². The monoisotopic (exact) mass is 469 g/mol. The third kappa shape index (κ3) is 3.78. The molecule has 2 aliphatic heterocycles. The largest absolute Gasteiger partial charge is 0.474 e. The second kappa shape index (κ2) is 8.53. The van der Waals surface area contributed by atoms with E-state index >= 15 is 0 Å². The van der Waals surface area contributed by atoms with Gasteiger partial charge >= 0.3 is 0 Å². The van der Waals surface area contributed by atoms with Crippen molar-refractivity contribution in [1.82, 2.24) is 25.1 Å². The number of pyridine rings is 1. The van der Waals surface area contributed by atoms with Crippen molar-refractivity contribution < 1.29 is 4.74 Å². The zero-order valence-corrected chi connectivity index (χ0v) is 20.8. The first-order chi connectivity index (χ1) is 17.0. The van der Waals surface area contributed by atoms with Crippen molar-refractivity contribution in [3.05, 3.63) is 47.3 Å². The molecule has 4 aromatic rings. The fourth-order valence-electron chi connectivity index (χ4n) is 5.41. The molecular formula is C27H31N7O. The molecule has 0 bridgehead atoms. The van der Waals surface area contributed by atoms with Gasteiger partial charge < -0.3 is 24.8 Å². The van der Waals surface area contributed by atoms with E-state index in [4.69, 9.17) is 4.74 Å². The number of rotatable bonds is 3. The highest BCUT2D eigenvalue weighted by Gasteiger charge is 2.21. The summed E-state index contributed by atoms with van der Waals surface area (Å²) in [5.74, 6) is 0.671. The van der Waals surface area contributed by atoms with Crippen LogP contribution in [-0.4, -0.2) is 71.4 Å². The maximum Gasteiger partial charge on any atom is 0.237 e. The molecular weight excluding hydrogens is 438 g/mol. The Bertz CT molecular complexity index is 1400. The molecule has 1 fully saturated rings. The van der Waals surface area contributed by atoms with Gasteiger partial charge in [0.2, 0.25) is 5.88 Å². The van der Waals surface area contributed by atoms with Crippen molar-refractivity contribution in [2.45, 2.75) is 20.8 Å². The summed E-state index contributed by atoms with van der Waals surface area (Å²) >= 11 is 0. The van der Waals surface area contributed by atoms with E-state index in [1.807, 2.05) is 12.4 Å². The highest BCUT2D eigenvalue weighted by molar-refractivity contribution is 5.97. The third-order valence-electron chi connectivity index (χ3n) is 7.28. The first-order valence-corrected chi connectivity index (χ1v) is 12.3. The lowest BCUT2D eigenvalue weighted by molar-refractivity contribution is 0.310. The molecule has 0 spiro atoms. The number of hydrogen-bond donors (Lipinski definition) is 2. The molecule has 0 aliphatic carbocycles. The minimum Gasteiger partial charge on any atom is -0.474 e. The predicted molar refractivity (Wildman–Crippen MR) is 140 cm³/mol. The van der Waals surface area contributed by atoms with Crippen LogP contribution in [0.1, 0.15) is 16.7 Å². The normalized spacial score (nSPS) is 16.2. The van der Waals surface area contributed by atoms with Gasteiger partial charge in [0.05, 0.1) is 5.69 Å². The molecule has 0 radical (unpaired) electrons. The van der Waals surface area contributed by atoms with Gasteiger partial charge in [-0.05, 0) is 62.7 Å². The lowest BCUT2D eigenvalue weighted by atomic mass is 9.98. The zero-order chi connectivity index (χ0) is 24.1. The van der Waals surface area contributed by atoms with Gasteiger partial charge in [-0.25, -0.2) is 4.98 Å². The van der Waals surface area contributed by atoms with Crippen LogP contribution in [0.5, 0.6) is 5.88 Å². The number of fused-ring (bicyclic) bond motifs is 2. The standard InChI is InChI=1S/C27H31N7O/c1-16-11-19(12-17(2)25(16)34-8-6-33(4)7-9-34)23-13-20-22(15-29-26(20)32-31-23)21-14-30-27-24(18(21)3)28-5-10-35-27/h11-15,28H,5-10H2,1-4H3,(H,29,32). The summed E-state index contributed by atoms with van der Waals surface area (Å²) in [5, 5.41) is 13.6. The van der Waals surface area contributed by atoms with E-state index in [1.54, 1.807) is 0 Å². The summed E-state index contributed by atoms with van der Waals surface area (Å²) in [4.78, 5) is 12.7. The quantitative estimate of drug-likeness (QED) is 0.466. The van der Waals surface area contributed by atoms with E-state index in [-0.39, 0.29) is 0 Å². The van der Waals surface area contributed by atoms with Gasteiger partial charge in [-0.2, -0.15) is 0 Å². The summed E-state index contributed by atoms with van der Waals surface area (Å²) < 4.78 is 5.71. The van der Waals surface area contributed by atoms with E-state index in [0.29, 0.717) is 12.5 Å². The van der Waals surface area contributed by atoms with Gasteiger partial charge in [0.15, 0.2) is 5.65 Å². The van der Waals surface area contributed by atoms with Gasteiger partial charge in [0, 0.05) is 72.9 Å². The Morgan fingerprint density at radius 3 is 2.49 bits per heavy atom. The number of aromatic amines is 1. The number of benzene rings is 1. The number of nitrogens with one attached hydrogen (secondary N) is 2. The van der Waals surface area contributed by atoms with Crippen LogP contribution in [0.15, 0.2) is 30.6 Å². The molecule has 35 heavy (non-hydrogen) atoms. The van der Waals surface area contributed by atoms with Crippen molar-refractivity contribution in [1.29, 1.82) is 0 Å². The Balaban J connectivity index is 1.39. The van der Waals surface area contributed by atoms with Crippen molar-refractivity contribution in [3.63, 3.8) is 0 Å². The molecule has 2 N–H and O–H groups in total. The summed E-state index contributed by atoms with van der Waals surface area (Å²) in [6, 6.07) is 6.63. The van der Waals surface area contributed by atoms with Crippen molar-refractivity contribution in [2.24, 2.45) is 0 Å². The van der Waals surface area contributed by atoms with E-state index in [9.17, 15) is 0 Å². The number of ether oxygens (including phenoxy) is 1. The van der Waals surface area contributed by atoms with Crippen LogP contribution in [-0.2, 0) is 0 Å². The number of nitrogens with zero attached hydrogens (tertiary/aromatic N) is 5. The molecule has 180 valence electrons. The molecule has 1 saturated heterocycles. The molecule has 6 rings (SSSR count). The first kappa shape index (κ1) is 21.9. The maximum absolute atomic E-state index is 5.71. The number of piperazine rings is 1. The molecule has 2 aliphatic rings. The Morgan fingerprint density at radius 1 is 0.943 bits per heavy atom. The SMILES string of the molecule is Cc1cc(-c2cc3c(-c4cnc5c(c4C)NCCO5)c[nH]c3nn2)cc(C)c1N1CCN(C)CC1.